The van der Waals surface area contributed by atoms with Crippen LogP contribution in [0.25, 0.3) is 22.3 Å². The lowest BCUT2D eigenvalue weighted by Gasteiger charge is -2.26. The normalized spacial score (nSPS) is 19.1. The topological polar surface area (TPSA) is 0 Å². The molecule has 1 aliphatic rings. The van der Waals surface area contributed by atoms with Gasteiger partial charge < -0.3 is 0 Å². The molecule has 0 heterocycles. The van der Waals surface area contributed by atoms with Gasteiger partial charge in [0, 0.05) is 11.1 Å². The molecule has 0 aliphatic heterocycles. The Hall–Kier alpha value is -2.55. The van der Waals surface area contributed by atoms with Crippen LogP contribution in [0.2, 0.25) is 0 Å². The Balaban J connectivity index is 1.61. The molecule has 4 rings (SSSR count). The Morgan fingerprint density at radius 2 is 1.26 bits per heavy atom. The van der Waals surface area contributed by atoms with Crippen molar-refractivity contribution in [3.8, 4) is 22.3 Å². The minimum atomic E-state index is -0.945. The van der Waals surface area contributed by atoms with E-state index in [1.807, 2.05) is 38.1 Å². The van der Waals surface area contributed by atoms with Gasteiger partial charge in [-0.1, -0.05) is 82.1 Å². The van der Waals surface area contributed by atoms with Gasteiger partial charge in [-0.2, -0.15) is 0 Å². The number of hydrogen-bond donors (Lipinski definition) is 0. The largest absolute Gasteiger partial charge is 0.207 e. The second-order valence-corrected chi connectivity index (χ2v) is 9.26. The van der Waals surface area contributed by atoms with Crippen molar-refractivity contribution < 1.29 is 13.2 Å². The quantitative estimate of drug-likeness (QED) is 0.394. The highest BCUT2D eigenvalue weighted by Crippen LogP contribution is 2.37. The summed E-state index contributed by atoms with van der Waals surface area (Å²) in [5.74, 6) is -0.870. The molecule has 3 heteroatoms. The zero-order valence-corrected chi connectivity index (χ0v) is 18.4. The third-order valence-corrected chi connectivity index (χ3v) is 6.72. The molecule has 0 saturated heterocycles. The van der Waals surface area contributed by atoms with Crippen molar-refractivity contribution in [2.24, 2.45) is 5.92 Å². The molecule has 0 atom stereocenters. The Kier molecular flexibility index (Phi) is 6.22. The fourth-order valence-corrected chi connectivity index (χ4v) is 4.69. The first-order chi connectivity index (χ1) is 14.8. The van der Waals surface area contributed by atoms with Gasteiger partial charge in [-0.25, -0.2) is 13.2 Å². The molecule has 0 amide bonds. The lowest BCUT2D eigenvalue weighted by molar-refractivity contribution is 0.348. The van der Waals surface area contributed by atoms with Crippen LogP contribution >= 0.6 is 0 Å². The lowest BCUT2D eigenvalue weighted by atomic mass is 9.79. The maximum absolute atomic E-state index is 15.0. The van der Waals surface area contributed by atoms with Crippen LogP contribution in [0.5, 0.6) is 0 Å². The number of halogens is 3. The Morgan fingerprint density at radius 1 is 0.710 bits per heavy atom. The van der Waals surface area contributed by atoms with Crippen LogP contribution < -0.4 is 0 Å². The van der Waals surface area contributed by atoms with Gasteiger partial charge >= 0.3 is 0 Å². The van der Waals surface area contributed by atoms with E-state index < -0.39 is 17.5 Å². The minimum absolute atomic E-state index is 0.0259. The van der Waals surface area contributed by atoms with Crippen molar-refractivity contribution in [3.05, 3.63) is 83.2 Å². The highest BCUT2D eigenvalue weighted by molar-refractivity contribution is 5.72. The summed E-state index contributed by atoms with van der Waals surface area (Å²) >= 11 is 0. The maximum atomic E-state index is 15.0. The SMILES string of the molecule is CC1CCC(c2ccc(-c3ccc(-c4ccc(C(C)C)c(F)c4)c(F)c3F)cc2)CC1. The van der Waals surface area contributed by atoms with Crippen LogP contribution in [0, 0.1) is 23.4 Å². The lowest BCUT2D eigenvalue weighted by Crippen LogP contribution is -2.10. The first kappa shape index (κ1) is 21.7. The summed E-state index contributed by atoms with van der Waals surface area (Å²) in [7, 11) is 0. The average Bonchev–Trinajstić information content (AvgIpc) is 2.76. The van der Waals surface area contributed by atoms with E-state index in [-0.39, 0.29) is 17.0 Å². The third kappa shape index (κ3) is 4.42. The van der Waals surface area contributed by atoms with E-state index in [1.165, 1.54) is 43.4 Å². The monoisotopic (exact) mass is 422 g/mol. The van der Waals surface area contributed by atoms with Crippen LogP contribution in [0.4, 0.5) is 13.2 Å². The highest BCUT2D eigenvalue weighted by atomic mass is 19.2. The summed E-state index contributed by atoms with van der Waals surface area (Å²) in [6.45, 7) is 6.09. The summed E-state index contributed by atoms with van der Waals surface area (Å²) in [5.41, 5.74) is 3.12. The van der Waals surface area contributed by atoms with Gasteiger partial charge in [0.15, 0.2) is 11.6 Å². The molecule has 1 aliphatic carbocycles. The second kappa shape index (κ2) is 8.90. The van der Waals surface area contributed by atoms with E-state index in [4.69, 9.17) is 0 Å². The van der Waals surface area contributed by atoms with E-state index >= 15 is 0 Å². The van der Waals surface area contributed by atoms with Gasteiger partial charge in [0.05, 0.1) is 0 Å². The molecule has 0 spiro atoms. The van der Waals surface area contributed by atoms with Crippen molar-refractivity contribution in [1.29, 1.82) is 0 Å². The fraction of sp³-hybridized carbons (Fsp3) is 0.357. The predicted octanol–water partition coefficient (Wildman–Crippen LogP) is 8.86. The van der Waals surface area contributed by atoms with Gasteiger partial charge in [-0.15, -0.1) is 0 Å². The summed E-state index contributed by atoms with van der Waals surface area (Å²) in [6, 6.07) is 15.5. The molecule has 0 unspecified atom stereocenters. The van der Waals surface area contributed by atoms with Crippen LogP contribution in [0.15, 0.2) is 54.6 Å². The fourth-order valence-electron chi connectivity index (χ4n) is 4.69. The van der Waals surface area contributed by atoms with Crippen molar-refractivity contribution in [3.63, 3.8) is 0 Å². The Morgan fingerprint density at radius 3 is 1.81 bits per heavy atom. The average molecular weight is 423 g/mol. The van der Waals surface area contributed by atoms with E-state index in [2.05, 4.69) is 6.92 Å². The summed E-state index contributed by atoms with van der Waals surface area (Å²) in [6.07, 6.45) is 4.85. The first-order valence-electron chi connectivity index (χ1n) is 11.2. The van der Waals surface area contributed by atoms with Gasteiger partial charge in [-0.05, 0) is 58.9 Å². The molecule has 3 aromatic carbocycles. The molecule has 162 valence electrons. The van der Waals surface area contributed by atoms with Crippen LogP contribution in [0.3, 0.4) is 0 Å². The molecule has 0 nitrogen and oxygen atoms in total. The molecule has 3 aromatic rings. The molecular formula is C28H29F3. The predicted molar refractivity (Wildman–Crippen MR) is 122 cm³/mol. The Bertz CT molecular complexity index is 1060. The van der Waals surface area contributed by atoms with Crippen LogP contribution in [-0.4, -0.2) is 0 Å². The molecule has 1 saturated carbocycles. The third-order valence-electron chi connectivity index (χ3n) is 6.72. The standard InChI is InChI=1S/C28H29F3/c1-17(2)23-13-12-22(16-26(23)29)25-15-14-24(27(30)28(25)31)21-10-8-20(9-11-21)19-6-4-18(3)5-7-19/h8-19H,4-7H2,1-3H3. The molecule has 0 bridgehead atoms. The zero-order chi connectivity index (χ0) is 22.1. The second-order valence-electron chi connectivity index (χ2n) is 9.26. The maximum Gasteiger partial charge on any atom is 0.167 e. The van der Waals surface area contributed by atoms with E-state index in [1.54, 1.807) is 18.2 Å². The van der Waals surface area contributed by atoms with Crippen molar-refractivity contribution in [2.75, 3.05) is 0 Å². The minimum Gasteiger partial charge on any atom is -0.207 e. The zero-order valence-electron chi connectivity index (χ0n) is 18.4. The van der Waals surface area contributed by atoms with Crippen molar-refractivity contribution in [1.82, 2.24) is 0 Å². The summed E-state index contributed by atoms with van der Waals surface area (Å²) < 4.78 is 44.3. The van der Waals surface area contributed by atoms with E-state index in [9.17, 15) is 13.2 Å². The first-order valence-corrected chi connectivity index (χ1v) is 11.2. The van der Waals surface area contributed by atoms with Crippen molar-refractivity contribution >= 4 is 0 Å². The van der Waals surface area contributed by atoms with Gasteiger partial charge in [0.1, 0.15) is 5.82 Å². The van der Waals surface area contributed by atoms with Gasteiger partial charge in [0.25, 0.3) is 0 Å². The Labute approximate surface area is 183 Å². The molecular weight excluding hydrogens is 393 g/mol. The summed E-state index contributed by atoms with van der Waals surface area (Å²) in [5, 5.41) is 0. The molecule has 1 fully saturated rings. The molecule has 31 heavy (non-hydrogen) atoms. The number of rotatable bonds is 4. The summed E-state index contributed by atoms with van der Waals surface area (Å²) in [4.78, 5) is 0. The molecule has 0 aromatic heterocycles. The number of hydrogen-bond acceptors (Lipinski definition) is 0. The van der Waals surface area contributed by atoms with Crippen LogP contribution in [0.1, 0.15) is 69.4 Å². The highest BCUT2D eigenvalue weighted by Gasteiger charge is 2.21. The number of benzene rings is 3. The molecule has 0 N–H and O–H groups in total. The van der Waals surface area contributed by atoms with E-state index in [0.717, 1.165) is 5.92 Å². The van der Waals surface area contributed by atoms with E-state index in [0.29, 0.717) is 22.6 Å². The van der Waals surface area contributed by atoms with Gasteiger partial charge in [-0.3, -0.25) is 0 Å². The van der Waals surface area contributed by atoms with Gasteiger partial charge in [0.2, 0.25) is 0 Å². The molecule has 0 radical (unpaired) electrons. The van der Waals surface area contributed by atoms with Crippen molar-refractivity contribution in [2.45, 2.75) is 58.3 Å². The van der Waals surface area contributed by atoms with Crippen LogP contribution in [-0.2, 0) is 0 Å². The smallest absolute Gasteiger partial charge is 0.167 e.